The van der Waals surface area contributed by atoms with Gasteiger partial charge in [0.2, 0.25) is 11.8 Å². The molecule has 1 aliphatic rings. The zero-order valence-corrected chi connectivity index (χ0v) is 18.3. The highest BCUT2D eigenvalue weighted by Gasteiger charge is 2.31. The SMILES string of the molecule is COc1ccc(-c2cc3c(ncn3CC(F)(F)F)c(OC(C)C3CNC(=O)C3)n2)cc1OC. The lowest BCUT2D eigenvalue weighted by molar-refractivity contribution is -0.140. The lowest BCUT2D eigenvalue weighted by atomic mass is 10.0. The molecular weight excluding hydrogens is 441 g/mol. The first-order valence-corrected chi connectivity index (χ1v) is 10.3. The first-order chi connectivity index (χ1) is 15.7. The lowest BCUT2D eigenvalue weighted by Crippen LogP contribution is -2.26. The van der Waals surface area contributed by atoms with Crippen LogP contribution in [-0.4, -0.2) is 53.5 Å². The lowest BCUT2D eigenvalue weighted by Gasteiger charge is -2.20. The van der Waals surface area contributed by atoms with Crippen LogP contribution in [0.2, 0.25) is 0 Å². The van der Waals surface area contributed by atoms with Crippen LogP contribution in [0.3, 0.4) is 0 Å². The van der Waals surface area contributed by atoms with E-state index in [0.29, 0.717) is 35.7 Å². The molecule has 0 saturated carbocycles. The number of hydrogen-bond acceptors (Lipinski definition) is 6. The zero-order valence-electron chi connectivity index (χ0n) is 18.3. The second-order valence-electron chi connectivity index (χ2n) is 7.83. The van der Waals surface area contributed by atoms with Gasteiger partial charge in [0, 0.05) is 24.4 Å². The Morgan fingerprint density at radius 3 is 2.61 bits per heavy atom. The van der Waals surface area contributed by atoms with Gasteiger partial charge in [-0.25, -0.2) is 9.97 Å². The number of amides is 1. The van der Waals surface area contributed by atoms with Gasteiger partial charge in [-0.2, -0.15) is 13.2 Å². The average molecular weight is 464 g/mol. The van der Waals surface area contributed by atoms with E-state index >= 15 is 0 Å². The Morgan fingerprint density at radius 2 is 1.97 bits per heavy atom. The molecule has 11 heteroatoms. The number of methoxy groups -OCH3 is 2. The van der Waals surface area contributed by atoms with Crippen molar-refractivity contribution >= 4 is 16.9 Å². The number of halogens is 3. The number of benzene rings is 1. The number of imidazole rings is 1. The van der Waals surface area contributed by atoms with Crippen molar-refractivity contribution in [2.75, 3.05) is 20.8 Å². The van der Waals surface area contributed by atoms with Crippen molar-refractivity contribution in [3.8, 4) is 28.6 Å². The molecular formula is C22H23F3N4O4. The maximum absolute atomic E-state index is 13.1. The number of nitrogens with zero attached hydrogens (tertiary/aromatic N) is 3. The van der Waals surface area contributed by atoms with Gasteiger partial charge in [0.25, 0.3) is 0 Å². The van der Waals surface area contributed by atoms with Crippen LogP contribution < -0.4 is 19.5 Å². The van der Waals surface area contributed by atoms with E-state index in [1.165, 1.54) is 20.3 Å². The molecule has 1 N–H and O–H groups in total. The highest BCUT2D eigenvalue weighted by molar-refractivity contribution is 5.85. The Labute approximate surface area is 187 Å². The maximum Gasteiger partial charge on any atom is 0.406 e. The predicted molar refractivity (Wildman–Crippen MR) is 113 cm³/mol. The molecule has 4 rings (SSSR count). The maximum atomic E-state index is 13.1. The van der Waals surface area contributed by atoms with Crippen LogP contribution in [0.25, 0.3) is 22.3 Å². The average Bonchev–Trinajstić information content (AvgIpc) is 3.38. The van der Waals surface area contributed by atoms with Crippen LogP contribution in [0.5, 0.6) is 17.4 Å². The van der Waals surface area contributed by atoms with E-state index in [0.717, 1.165) is 10.9 Å². The van der Waals surface area contributed by atoms with Crippen LogP contribution in [0.4, 0.5) is 13.2 Å². The summed E-state index contributed by atoms with van der Waals surface area (Å²) < 4.78 is 57.1. The monoisotopic (exact) mass is 464 g/mol. The summed E-state index contributed by atoms with van der Waals surface area (Å²) in [4.78, 5) is 20.3. The van der Waals surface area contributed by atoms with E-state index in [1.54, 1.807) is 25.1 Å². The molecule has 1 saturated heterocycles. The largest absolute Gasteiger partial charge is 0.493 e. The first kappa shape index (κ1) is 22.7. The third kappa shape index (κ3) is 4.81. The van der Waals surface area contributed by atoms with Crippen LogP contribution >= 0.6 is 0 Å². The molecule has 1 fully saturated rings. The Balaban J connectivity index is 1.79. The molecule has 1 amide bonds. The number of fused-ring (bicyclic) bond motifs is 1. The molecule has 8 nitrogen and oxygen atoms in total. The number of rotatable bonds is 7. The van der Waals surface area contributed by atoms with Gasteiger partial charge in [-0.15, -0.1) is 0 Å². The minimum atomic E-state index is -4.43. The Kier molecular flexibility index (Phi) is 6.05. The van der Waals surface area contributed by atoms with Gasteiger partial charge in [0.1, 0.15) is 12.6 Å². The molecule has 1 aliphatic heterocycles. The number of carbonyl (C=O) groups is 1. The van der Waals surface area contributed by atoms with E-state index in [4.69, 9.17) is 14.2 Å². The highest BCUT2D eigenvalue weighted by atomic mass is 19.4. The summed E-state index contributed by atoms with van der Waals surface area (Å²) in [5, 5.41) is 2.75. The summed E-state index contributed by atoms with van der Waals surface area (Å²) in [6.45, 7) is 1.06. The molecule has 0 spiro atoms. The van der Waals surface area contributed by atoms with Gasteiger partial charge >= 0.3 is 6.18 Å². The van der Waals surface area contributed by atoms with Gasteiger partial charge in [-0.05, 0) is 31.2 Å². The number of nitrogens with one attached hydrogen (secondary N) is 1. The fourth-order valence-corrected chi connectivity index (χ4v) is 3.81. The Bertz CT molecular complexity index is 1180. The van der Waals surface area contributed by atoms with Crippen molar-refractivity contribution in [2.24, 2.45) is 5.92 Å². The fraction of sp³-hybridized carbons (Fsp3) is 0.409. The van der Waals surface area contributed by atoms with E-state index in [2.05, 4.69) is 15.3 Å². The second-order valence-corrected chi connectivity index (χ2v) is 7.83. The van der Waals surface area contributed by atoms with Crippen molar-refractivity contribution < 1.29 is 32.2 Å². The van der Waals surface area contributed by atoms with Crippen molar-refractivity contribution in [1.82, 2.24) is 19.9 Å². The third-order valence-corrected chi connectivity index (χ3v) is 5.58. The number of ether oxygens (including phenoxy) is 3. The van der Waals surface area contributed by atoms with Crippen molar-refractivity contribution in [2.45, 2.75) is 32.2 Å². The molecule has 2 aromatic heterocycles. The summed E-state index contributed by atoms with van der Waals surface area (Å²) in [7, 11) is 3.00. The fourth-order valence-electron chi connectivity index (χ4n) is 3.81. The number of aromatic nitrogens is 3. The van der Waals surface area contributed by atoms with Crippen LogP contribution in [-0.2, 0) is 11.3 Å². The van der Waals surface area contributed by atoms with Gasteiger partial charge in [0.05, 0.1) is 31.8 Å². The van der Waals surface area contributed by atoms with E-state index in [1.807, 2.05) is 0 Å². The summed E-state index contributed by atoms with van der Waals surface area (Å²) in [5.41, 5.74) is 1.43. The van der Waals surface area contributed by atoms with Gasteiger partial charge in [-0.3, -0.25) is 4.79 Å². The molecule has 2 unspecified atom stereocenters. The molecule has 0 radical (unpaired) electrons. The molecule has 3 aromatic rings. The molecule has 1 aromatic carbocycles. The number of carbonyl (C=O) groups excluding carboxylic acids is 1. The first-order valence-electron chi connectivity index (χ1n) is 10.3. The van der Waals surface area contributed by atoms with E-state index < -0.39 is 18.8 Å². The summed E-state index contributed by atoms with van der Waals surface area (Å²) >= 11 is 0. The Morgan fingerprint density at radius 1 is 1.21 bits per heavy atom. The van der Waals surface area contributed by atoms with Crippen molar-refractivity contribution in [3.05, 3.63) is 30.6 Å². The smallest absolute Gasteiger partial charge is 0.406 e. The minimum Gasteiger partial charge on any atom is -0.493 e. The number of pyridine rings is 1. The Hall–Kier alpha value is -3.50. The molecule has 176 valence electrons. The number of alkyl halides is 3. The van der Waals surface area contributed by atoms with Crippen LogP contribution in [0.15, 0.2) is 30.6 Å². The van der Waals surface area contributed by atoms with E-state index in [9.17, 15) is 18.0 Å². The third-order valence-electron chi connectivity index (χ3n) is 5.58. The summed E-state index contributed by atoms with van der Waals surface area (Å²) in [6.07, 6.45) is -3.41. The van der Waals surface area contributed by atoms with Crippen molar-refractivity contribution in [1.29, 1.82) is 0 Å². The molecule has 2 atom stereocenters. The standard InChI is InChI=1S/C22H23F3N4O4/c1-12(14-7-19(30)26-9-14)33-21-20-16(29(11-27-20)10-22(23,24)25)8-15(28-21)13-4-5-17(31-2)18(6-13)32-3/h4-6,8,11-12,14H,7,9-10H2,1-3H3,(H,26,30). The molecule has 0 aliphatic carbocycles. The molecule has 3 heterocycles. The van der Waals surface area contributed by atoms with Crippen molar-refractivity contribution in [3.63, 3.8) is 0 Å². The zero-order chi connectivity index (χ0) is 23.8. The topological polar surface area (TPSA) is 87.5 Å². The van der Waals surface area contributed by atoms with Gasteiger partial charge < -0.3 is 24.1 Å². The van der Waals surface area contributed by atoms with Gasteiger partial charge in [0.15, 0.2) is 17.0 Å². The quantitative estimate of drug-likeness (QED) is 0.575. The van der Waals surface area contributed by atoms with Crippen LogP contribution in [0, 0.1) is 5.92 Å². The summed E-state index contributed by atoms with van der Waals surface area (Å²) in [5.74, 6) is 0.906. The predicted octanol–water partition coefficient (Wildman–Crippen LogP) is 3.58. The summed E-state index contributed by atoms with van der Waals surface area (Å²) in [6, 6.07) is 6.64. The highest BCUT2D eigenvalue weighted by Crippen LogP contribution is 2.35. The second kappa shape index (κ2) is 8.80. The van der Waals surface area contributed by atoms with Crippen LogP contribution in [0.1, 0.15) is 13.3 Å². The normalized spacial score (nSPS) is 17.2. The van der Waals surface area contributed by atoms with E-state index in [-0.39, 0.29) is 28.7 Å². The molecule has 33 heavy (non-hydrogen) atoms. The number of hydrogen-bond donors (Lipinski definition) is 1. The van der Waals surface area contributed by atoms with Gasteiger partial charge in [-0.1, -0.05) is 0 Å². The minimum absolute atomic E-state index is 0.0675. The molecule has 0 bridgehead atoms.